The largest absolute Gasteiger partial charge is 0.495 e. The van der Waals surface area contributed by atoms with Crippen molar-refractivity contribution in [2.24, 2.45) is 11.3 Å². The van der Waals surface area contributed by atoms with Gasteiger partial charge < -0.3 is 9.47 Å². The van der Waals surface area contributed by atoms with Gasteiger partial charge in [0.1, 0.15) is 16.0 Å². The molecule has 1 aromatic rings. The molecular weight excluding hydrogens is 352 g/mol. The van der Waals surface area contributed by atoms with Gasteiger partial charge in [0, 0.05) is 5.56 Å². The van der Waals surface area contributed by atoms with Crippen molar-refractivity contribution in [2.75, 3.05) is 14.2 Å². The standard InChI is InChI=1S/C17H24BrClO2/c1-17(2)10-6-5-7-12(17)15(19)11-8-9-13(20-3)14(18)16(11)21-4/h8-9,12,15H,5-7,10H2,1-4H3. The molecule has 0 aliphatic heterocycles. The summed E-state index contributed by atoms with van der Waals surface area (Å²) in [5.74, 6) is 2.01. The Hall–Kier alpha value is -0.410. The lowest BCUT2D eigenvalue weighted by Crippen LogP contribution is -2.31. The van der Waals surface area contributed by atoms with Crippen molar-refractivity contribution in [1.82, 2.24) is 0 Å². The Morgan fingerprint density at radius 3 is 2.52 bits per heavy atom. The molecule has 2 atom stereocenters. The maximum absolute atomic E-state index is 6.88. The Morgan fingerprint density at radius 2 is 1.95 bits per heavy atom. The van der Waals surface area contributed by atoms with Gasteiger partial charge in [-0.1, -0.05) is 32.8 Å². The molecule has 1 aliphatic carbocycles. The molecule has 0 saturated heterocycles. The molecule has 2 nitrogen and oxygen atoms in total. The summed E-state index contributed by atoms with van der Waals surface area (Å²) in [4.78, 5) is 0. The Kier molecular flexibility index (Phi) is 5.48. The number of hydrogen-bond acceptors (Lipinski definition) is 2. The Balaban J connectivity index is 2.38. The van der Waals surface area contributed by atoms with Crippen LogP contribution in [0.15, 0.2) is 16.6 Å². The van der Waals surface area contributed by atoms with Crippen molar-refractivity contribution in [1.29, 1.82) is 0 Å². The summed E-state index contributed by atoms with van der Waals surface area (Å²) >= 11 is 10.4. The quantitative estimate of drug-likeness (QED) is 0.604. The highest BCUT2D eigenvalue weighted by Crippen LogP contribution is 2.52. The third-order valence-electron chi connectivity index (χ3n) is 4.76. The van der Waals surface area contributed by atoms with E-state index < -0.39 is 0 Å². The average molecular weight is 376 g/mol. The minimum absolute atomic E-state index is 0.0440. The second-order valence-electron chi connectivity index (χ2n) is 6.45. The van der Waals surface area contributed by atoms with Gasteiger partial charge in [0.15, 0.2) is 0 Å². The predicted octanol–water partition coefficient (Wildman–Crippen LogP) is 5.96. The SMILES string of the molecule is COc1ccc(C(Cl)C2CCCCC2(C)C)c(OC)c1Br. The second-order valence-corrected chi connectivity index (χ2v) is 7.71. The molecular formula is C17H24BrClO2. The molecule has 0 amide bonds. The number of alkyl halides is 1. The molecule has 0 bridgehead atoms. The minimum atomic E-state index is -0.0440. The lowest BCUT2D eigenvalue weighted by molar-refractivity contribution is 0.132. The van der Waals surface area contributed by atoms with Crippen molar-refractivity contribution in [2.45, 2.75) is 44.9 Å². The summed E-state index contributed by atoms with van der Waals surface area (Å²) in [6.45, 7) is 4.66. The van der Waals surface area contributed by atoms with Crippen LogP contribution in [0.25, 0.3) is 0 Å². The number of rotatable bonds is 4. The lowest BCUT2D eigenvalue weighted by Gasteiger charge is -2.41. The number of methoxy groups -OCH3 is 2. The van der Waals surface area contributed by atoms with E-state index in [1.807, 2.05) is 12.1 Å². The number of ether oxygens (including phenoxy) is 2. The van der Waals surface area contributed by atoms with Crippen molar-refractivity contribution in [3.05, 3.63) is 22.2 Å². The number of halogens is 2. The van der Waals surface area contributed by atoms with Gasteiger partial charge in [-0.05, 0) is 46.2 Å². The fourth-order valence-corrected chi connectivity index (χ4v) is 4.74. The fourth-order valence-electron chi connectivity index (χ4n) is 3.42. The first-order chi connectivity index (χ1) is 9.92. The predicted molar refractivity (Wildman–Crippen MR) is 91.6 cm³/mol. The normalized spacial score (nSPS) is 22.7. The van der Waals surface area contributed by atoms with Crippen molar-refractivity contribution >= 4 is 27.5 Å². The molecule has 0 heterocycles. The van der Waals surface area contributed by atoms with Gasteiger partial charge in [0.25, 0.3) is 0 Å². The third kappa shape index (κ3) is 3.34. The van der Waals surface area contributed by atoms with E-state index in [4.69, 9.17) is 21.1 Å². The van der Waals surface area contributed by atoms with Crippen molar-refractivity contribution in [3.63, 3.8) is 0 Å². The summed E-state index contributed by atoms with van der Waals surface area (Å²) < 4.78 is 11.8. The Bertz CT molecular complexity index is 502. The van der Waals surface area contributed by atoms with E-state index in [0.29, 0.717) is 5.92 Å². The Morgan fingerprint density at radius 1 is 1.24 bits per heavy atom. The molecule has 4 heteroatoms. The van der Waals surface area contributed by atoms with Crippen LogP contribution in [-0.4, -0.2) is 14.2 Å². The summed E-state index contributed by atoms with van der Waals surface area (Å²) in [5, 5.41) is -0.0440. The molecule has 0 radical (unpaired) electrons. The molecule has 0 N–H and O–H groups in total. The summed E-state index contributed by atoms with van der Waals surface area (Å²) in [7, 11) is 3.33. The van der Waals surface area contributed by atoms with Crippen LogP contribution in [0.5, 0.6) is 11.5 Å². The first-order valence-corrected chi connectivity index (χ1v) is 8.69. The monoisotopic (exact) mass is 374 g/mol. The maximum atomic E-state index is 6.88. The van der Waals surface area contributed by atoms with Crippen molar-refractivity contribution < 1.29 is 9.47 Å². The zero-order valence-electron chi connectivity index (χ0n) is 13.2. The first-order valence-electron chi connectivity index (χ1n) is 7.47. The fraction of sp³-hybridized carbons (Fsp3) is 0.647. The van der Waals surface area contributed by atoms with Gasteiger partial charge in [-0.2, -0.15) is 0 Å². The molecule has 2 unspecified atom stereocenters. The van der Waals surface area contributed by atoms with E-state index in [2.05, 4.69) is 29.8 Å². The van der Waals surface area contributed by atoms with E-state index in [9.17, 15) is 0 Å². The smallest absolute Gasteiger partial charge is 0.141 e. The summed E-state index contributed by atoms with van der Waals surface area (Å²) in [6.07, 6.45) is 4.97. The summed E-state index contributed by atoms with van der Waals surface area (Å²) in [6, 6.07) is 3.98. The van der Waals surface area contributed by atoms with Gasteiger partial charge in [-0.15, -0.1) is 11.6 Å². The van der Waals surface area contributed by atoms with E-state index in [1.54, 1.807) is 14.2 Å². The maximum Gasteiger partial charge on any atom is 0.141 e. The number of benzene rings is 1. The molecule has 1 aliphatic rings. The second kappa shape index (κ2) is 6.78. The molecule has 21 heavy (non-hydrogen) atoms. The highest BCUT2D eigenvalue weighted by atomic mass is 79.9. The molecule has 118 valence electrons. The molecule has 0 aromatic heterocycles. The average Bonchev–Trinajstić information content (AvgIpc) is 2.45. The third-order valence-corrected chi connectivity index (χ3v) is 6.05. The van der Waals surface area contributed by atoms with E-state index in [-0.39, 0.29) is 10.8 Å². The van der Waals surface area contributed by atoms with Crippen LogP contribution in [0.3, 0.4) is 0 Å². The summed E-state index contributed by atoms with van der Waals surface area (Å²) in [5.41, 5.74) is 1.31. The van der Waals surface area contributed by atoms with Gasteiger partial charge in [0.2, 0.25) is 0 Å². The number of hydrogen-bond donors (Lipinski definition) is 0. The minimum Gasteiger partial charge on any atom is -0.495 e. The Labute approximate surface area is 141 Å². The van der Waals surface area contributed by atoms with Gasteiger partial charge in [0.05, 0.1) is 19.6 Å². The molecule has 2 rings (SSSR count). The van der Waals surface area contributed by atoms with Crippen LogP contribution >= 0.6 is 27.5 Å². The van der Waals surface area contributed by atoms with Crippen LogP contribution in [0.4, 0.5) is 0 Å². The molecule has 1 saturated carbocycles. The highest BCUT2D eigenvalue weighted by Gasteiger charge is 2.38. The topological polar surface area (TPSA) is 18.5 Å². The van der Waals surface area contributed by atoms with Crippen LogP contribution in [0.2, 0.25) is 0 Å². The van der Waals surface area contributed by atoms with Gasteiger partial charge in [-0.25, -0.2) is 0 Å². The highest BCUT2D eigenvalue weighted by molar-refractivity contribution is 9.10. The van der Waals surface area contributed by atoms with Crippen LogP contribution in [-0.2, 0) is 0 Å². The zero-order chi connectivity index (χ0) is 15.6. The van der Waals surface area contributed by atoms with E-state index in [1.165, 1.54) is 25.7 Å². The van der Waals surface area contributed by atoms with E-state index >= 15 is 0 Å². The molecule has 1 fully saturated rings. The lowest BCUT2D eigenvalue weighted by atomic mass is 9.66. The first kappa shape index (κ1) is 17.0. The molecule has 0 spiro atoms. The van der Waals surface area contributed by atoms with Gasteiger partial charge >= 0.3 is 0 Å². The zero-order valence-corrected chi connectivity index (χ0v) is 15.6. The van der Waals surface area contributed by atoms with E-state index in [0.717, 1.165) is 21.5 Å². The van der Waals surface area contributed by atoms with Crippen LogP contribution in [0.1, 0.15) is 50.5 Å². The van der Waals surface area contributed by atoms with Crippen molar-refractivity contribution in [3.8, 4) is 11.5 Å². The van der Waals surface area contributed by atoms with Crippen LogP contribution in [0, 0.1) is 11.3 Å². The van der Waals surface area contributed by atoms with Gasteiger partial charge in [-0.3, -0.25) is 0 Å². The molecule has 1 aromatic carbocycles. The van der Waals surface area contributed by atoms with Crippen LogP contribution < -0.4 is 9.47 Å².